The number of nitrogens with one attached hydrogen (secondary N) is 1. The maximum atomic E-state index is 12.3. The molecule has 0 spiro atoms. The summed E-state index contributed by atoms with van der Waals surface area (Å²) in [6.07, 6.45) is 2.31. The van der Waals surface area contributed by atoms with Crippen LogP contribution in [0.5, 0.6) is 0 Å². The monoisotopic (exact) mass is 230 g/mol. The summed E-state index contributed by atoms with van der Waals surface area (Å²) in [4.78, 5) is 14.3. The van der Waals surface area contributed by atoms with Crippen LogP contribution in [0.25, 0.3) is 0 Å². The second-order valence-corrected chi connectivity index (χ2v) is 5.02. The number of hydrogen-bond acceptors (Lipinski definition) is 2. The number of rotatable bonds is 1. The first kappa shape index (κ1) is 10.8. The SMILES string of the molecule is O=C(c1ccccc1)N1CCC2NCCC2C1. The standard InChI is InChI=1S/C14H18N2O/c17-14(11-4-2-1-3-5-11)16-9-7-13-12(10-16)6-8-15-13/h1-5,12-13,15H,6-10H2. The molecule has 2 saturated heterocycles. The summed E-state index contributed by atoms with van der Waals surface area (Å²) < 4.78 is 0. The number of fused-ring (bicyclic) bond motifs is 1. The molecule has 0 radical (unpaired) electrons. The van der Waals surface area contributed by atoms with Crippen LogP contribution in [0, 0.1) is 5.92 Å². The number of carbonyl (C=O) groups is 1. The van der Waals surface area contributed by atoms with Crippen molar-refractivity contribution in [3.63, 3.8) is 0 Å². The molecule has 17 heavy (non-hydrogen) atoms. The number of carbonyl (C=O) groups excluding carboxylic acids is 1. The van der Waals surface area contributed by atoms with Gasteiger partial charge in [0.2, 0.25) is 0 Å². The highest BCUT2D eigenvalue weighted by molar-refractivity contribution is 5.94. The van der Waals surface area contributed by atoms with E-state index in [0.29, 0.717) is 12.0 Å². The van der Waals surface area contributed by atoms with E-state index in [1.807, 2.05) is 35.2 Å². The van der Waals surface area contributed by atoms with Crippen LogP contribution in [-0.4, -0.2) is 36.5 Å². The third-order valence-corrected chi connectivity index (χ3v) is 3.96. The normalized spacial score (nSPS) is 27.9. The Kier molecular flexibility index (Phi) is 2.85. The van der Waals surface area contributed by atoms with E-state index < -0.39 is 0 Å². The largest absolute Gasteiger partial charge is 0.338 e. The van der Waals surface area contributed by atoms with Crippen molar-refractivity contribution in [3.05, 3.63) is 35.9 Å². The molecule has 1 aromatic rings. The zero-order valence-corrected chi connectivity index (χ0v) is 9.93. The van der Waals surface area contributed by atoms with Crippen LogP contribution in [0.15, 0.2) is 30.3 Å². The van der Waals surface area contributed by atoms with Gasteiger partial charge >= 0.3 is 0 Å². The highest BCUT2D eigenvalue weighted by atomic mass is 16.2. The number of benzene rings is 1. The van der Waals surface area contributed by atoms with Gasteiger partial charge in [-0.15, -0.1) is 0 Å². The first-order chi connectivity index (χ1) is 8.34. The van der Waals surface area contributed by atoms with Gasteiger partial charge in [0.25, 0.3) is 5.91 Å². The van der Waals surface area contributed by atoms with Crippen LogP contribution in [0.1, 0.15) is 23.2 Å². The van der Waals surface area contributed by atoms with E-state index in [9.17, 15) is 4.79 Å². The molecule has 0 aromatic heterocycles. The molecule has 2 heterocycles. The topological polar surface area (TPSA) is 32.3 Å². The van der Waals surface area contributed by atoms with Crippen molar-refractivity contribution >= 4 is 5.91 Å². The minimum absolute atomic E-state index is 0.191. The molecular weight excluding hydrogens is 212 g/mol. The zero-order chi connectivity index (χ0) is 11.7. The summed E-state index contributed by atoms with van der Waals surface area (Å²) >= 11 is 0. The van der Waals surface area contributed by atoms with Gasteiger partial charge in [0.05, 0.1) is 0 Å². The fraction of sp³-hybridized carbons (Fsp3) is 0.500. The molecule has 2 atom stereocenters. The lowest BCUT2D eigenvalue weighted by molar-refractivity contribution is 0.0662. The lowest BCUT2D eigenvalue weighted by Crippen LogP contribution is -2.46. The number of hydrogen-bond donors (Lipinski definition) is 1. The van der Waals surface area contributed by atoms with Crippen LogP contribution in [0.2, 0.25) is 0 Å². The predicted octanol–water partition coefficient (Wildman–Crippen LogP) is 1.51. The van der Waals surface area contributed by atoms with Crippen LogP contribution in [0.4, 0.5) is 0 Å². The molecule has 90 valence electrons. The van der Waals surface area contributed by atoms with Gasteiger partial charge in [0, 0.05) is 24.7 Å². The number of piperidine rings is 1. The Bertz CT molecular complexity index is 404. The fourth-order valence-electron chi connectivity index (χ4n) is 3.00. The van der Waals surface area contributed by atoms with Crippen molar-refractivity contribution in [1.82, 2.24) is 10.2 Å². The molecule has 2 aliphatic rings. The van der Waals surface area contributed by atoms with Crippen molar-refractivity contribution in [1.29, 1.82) is 0 Å². The van der Waals surface area contributed by atoms with Crippen molar-refractivity contribution < 1.29 is 4.79 Å². The third kappa shape index (κ3) is 2.07. The zero-order valence-electron chi connectivity index (χ0n) is 9.93. The molecule has 1 amide bonds. The first-order valence-corrected chi connectivity index (χ1v) is 6.42. The Morgan fingerprint density at radius 2 is 2.06 bits per heavy atom. The first-order valence-electron chi connectivity index (χ1n) is 6.42. The van der Waals surface area contributed by atoms with Gasteiger partial charge in [-0.3, -0.25) is 4.79 Å². The molecule has 3 nitrogen and oxygen atoms in total. The van der Waals surface area contributed by atoms with Gasteiger partial charge in [-0.2, -0.15) is 0 Å². The average Bonchev–Trinajstić information content (AvgIpc) is 2.86. The van der Waals surface area contributed by atoms with Crippen molar-refractivity contribution in [2.45, 2.75) is 18.9 Å². The van der Waals surface area contributed by atoms with Gasteiger partial charge in [0.15, 0.2) is 0 Å². The van der Waals surface area contributed by atoms with Crippen LogP contribution < -0.4 is 5.32 Å². The Morgan fingerprint density at radius 3 is 2.88 bits per heavy atom. The molecule has 1 aromatic carbocycles. The Hall–Kier alpha value is -1.35. The molecule has 3 heteroatoms. The van der Waals surface area contributed by atoms with Gasteiger partial charge < -0.3 is 10.2 Å². The van der Waals surface area contributed by atoms with E-state index in [-0.39, 0.29) is 5.91 Å². The Balaban J connectivity index is 1.71. The summed E-state index contributed by atoms with van der Waals surface area (Å²) in [6, 6.07) is 10.3. The minimum Gasteiger partial charge on any atom is -0.338 e. The van der Waals surface area contributed by atoms with Crippen molar-refractivity contribution in [2.75, 3.05) is 19.6 Å². The van der Waals surface area contributed by atoms with Gasteiger partial charge in [0.1, 0.15) is 0 Å². The van der Waals surface area contributed by atoms with E-state index in [0.717, 1.165) is 31.6 Å². The van der Waals surface area contributed by atoms with Crippen LogP contribution >= 0.6 is 0 Å². The van der Waals surface area contributed by atoms with Gasteiger partial charge in [-0.25, -0.2) is 0 Å². The molecule has 2 aliphatic heterocycles. The molecule has 3 rings (SSSR count). The fourth-order valence-corrected chi connectivity index (χ4v) is 3.00. The highest BCUT2D eigenvalue weighted by Crippen LogP contribution is 2.25. The third-order valence-electron chi connectivity index (χ3n) is 3.96. The minimum atomic E-state index is 0.191. The number of likely N-dealkylation sites (tertiary alicyclic amines) is 1. The summed E-state index contributed by atoms with van der Waals surface area (Å²) in [5.41, 5.74) is 0.817. The number of nitrogens with zero attached hydrogens (tertiary/aromatic N) is 1. The van der Waals surface area contributed by atoms with Gasteiger partial charge in [-0.05, 0) is 37.4 Å². The smallest absolute Gasteiger partial charge is 0.253 e. The lowest BCUT2D eigenvalue weighted by atomic mass is 9.93. The molecule has 0 saturated carbocycles. The molecule has 0 aliphatic carbocycles. The maximum Gasteiger partial charge on any atom is 0.253 e. The summed E-state index contributed by atoms with van der Waals surface area (Å²) in [7, 11) is 0. The van der Waals surface area contributed by atoms with Crippen LogP contribution in [-0.2, 0) is 0 Å². The quantitative estimate of drug-likeness (QED) is 0.793. The molecule has 2 unspecified atom stereocenters. The van der Waals surface area contributed by atoms with Crippen LogP contribution in [0.3, 0.4) is 0 Å². The summed E-state index contributed by atoms with van der Waals surface area (Å²) in [6.45, 7) is 2.93. The molecule has 2 fully saturated rings. The van der Waals surface area contributed by atoms with E-state index >= 15 is 0 Å². The Labute approximate surface area is 102 Å². The predicted molar refractivity (Wildman–Crippen MR) is 66.9 cm³/mol. The Morgan fingerprint density at radius 1 is 1.24 bits per heavy atom. The highest BCUT2D eigenvalue weighted by Gasteiger charge is 2.34. The van der Waals surface area contributed by atoms with E-state index in [2.05, 4.69) is 5.32 Å². The molecular formula is C14H18N2O. The second kappa shape index (κ2) is 4.49. The second-order valence-electron chi connectivity index (χ2n) is 5.02. The van der Waals surface area contributed by atoms with E-state index in [1.54, 1.807) is 0 Å². The van der Waals surface area contributed by atoms with Crippen molar-refractivity contribution in [3.8, 4) is 0 Å². The summed E-state index contributed by atoms with van der Waals surface area (Å²) in [5.74, 6) is 0.854. The number of amides is 1. The van der Waals surface area contributed by atoms with E-state index in [1.165, 1.54) is 6.42 Å². The summed E-state index contributed by atoms with van der Waals surface area (Å²) in [5, 5.41) is 3.52. The average molecular weight is 230 g/mol. The maximum absolute atomic E-state index is 12.3. The molecule has 1 N–H and O–H groups in total. The van der Waals surface area contributed by atoms with Crippen molar-refractivity contribution in [2.24, 2.45) is 5.92 Å². The van der Waals surface area contributed by atoms with E-state index in [4.69, 9.17) is 0 Å². The van der Waals surface area contributed by atoms with Gasteiger partial charge in [-0.1, -0.05) is 18.2 Å². The molecule has 0 bridgehead atoms. The lowest BCUT2D eigenvalue weighted by Gasteiger charge is -2.34.